The number of aromatic nitrogens is 1. The Morgan fingerprint density at radius 2 is 1.81 bits per heavy atom. The molecule has 1 heterocycles. The van der Waals surface area contributed by atoms with Gasteiger partial charge in [0.15, 0.2) is 0 Å². The third-order valence-electron chi connectivity index (χ3n) is 2.02. The molecule has 16 heavy (non-hydrogen) atoms. The molecule has 3 nitrogen and oxygen atoms in total. The van der Waals surface area contributed by atoms with Crippen LogP contribution in [0.15, 0.2) is 12.3 Å². The molecule has 0 bridgehead atoms. The summed E-state index contributed by atoms with van der Waals surface area (Å²) in [7, 11) is 0. The van der Waals surface area contributed by atoms with Gasteiger partial charge in [0.25, 0.3) is 0 Å². The third-order valence-corrected chi connectivity index (χ3v) is 2.33. The van der Waals surface area contributed by atoms with Crippen LogP contribution in [0.4, 0.5) is 5.82 Å². The highest BCUT2D eigenvalue weighted by atomic mass is 35.5. The van der Waals surface area contributed by atoms with Crippen molar-refractivity contribution < 1.29 is 5.11 Å². The van der Waals surface area contributed by atoms with Crippen LogP contribution in [0, 0.1) is 0 Å². The van der Waals surface area contributed by atoms with Crippen LogP contribution < -0.4 is 5.32 Å². The fraction of sp³-hybridized carbons (Fsp3) is 0.583. The highest BCUT2D eigenvalue weighted by Gasteiger charge is 2.21. The van der Waals surface area contributed by atoms with Gasteiger partial charge in [-0.05, 0) is 40.7 Å². The monoisotopic (exact) mass is 242 g/mol. The van der Waals surface area contributed by atoms with Crippen molar-refractivity contribution in [2.24, 2.45) is 0 Å². The van der Waals surface area contributed by atoms with Gasteiger partial charge in [0.1, 0.15) is 5.82 Å². The lowest BCUT2D eigenvalue weighted by atomic mass is 10.0. The number of rotatable bonds is 2. The average molecular weight is 243 g/mol. The lowest BCUT2D eigenvalue weighted by Gasteiger charge is -2.23. The molecule has 0 atom stereocenters. The van der Waals surface area contributed by atoms with E-state index in [4.69, 9.17) is 11.6 Å². The number of pyridine rings is 1. The molecule has 2 N–H and O–H groups in total. The Bertz CT molecular complexity index is 378. The number of halogens is 1. The molecule has 0 unspecified atom stereocenters. The molecule has 0 saturated heterocycles. The minimum absolute atomic E-state index is 0.0629. The van der Waals surface area contributed by atoms with E-state index in [0.29, 0.717) is 16.4 Å². The molecule has 0 aromatic carbocycles. The summed E-state index contributed by atoms with van der Waals surface area (Å²) in [6.45, 7) is 9.52. The van der Waals surface area contributed by atoms with Gasteiger partial charge in [0.2, 0.25) is 0 Å². The second kappa shape index (κ2) is 4.22. The van der Waals surface area contributed by atoms with Crippen molar-refractivity contribution in [3.05, 3.63) is 22.8 Å². The minimum Gasteiger partial charge on any atom is -0.386 e. The second-order valence-electron chi connectivity index (χ2n) is 5.48. The average Bonchev–Trinajstić information content (AvgIpc) is 1.97. The van der Waals surface area contributed by atoms with E-state index in [-0.39, 0.29) is 5.54 Å². The zero-order valence-electron chi connectivity index (χ0n) is 10.4. The van der Waals surface area contributed by atoms with E-state index in [0.717, 1.165) is 0 Å². The van der Waals surface area contributed by atoms with Crippen molar-refractivity contribution in [2.45, 2.75) is 45.8 Å². The Balaban J connectivity index is 3.01. The van der Waals surface area contributed by atoms with Crippen LogP contribution in [-0.2, 0) is 5.60 Å². The van der Waals surface area contributed by atoms with Gasteiger partial charge in [-0.3, -0.25) is 0 Å². The topological polar surface area (TPSA) is 45.1 Å². The predicted octanol–water partition coefficient (Wildman–Crippen LogP) is 3.17. The molecule has 0 amide bonds. The van der Waals surface area contributed by atoms with E-state index >= 15 is 0 Å². The SMILES string of the molecule is CC(C)(C)Nc1cc(Cl)c(C(C)(C)O)cn1. The molecular formula is C12H19ClN2O. The highest BCUT2D eigenvalue weighted by molar-refractivity contribution is 6.31. The maximum absolute atomic E-state index is 9.85. The van der Waals surface area contributed by atoms with Crippen LogP contribution in [-0.4, -0.2) is 15.6 Å². The Morgan fingerprint density at radius 3 is 2.19 bits per heavy atom. The molecule has 1 aromatic heterocycles. The summed E-state index contributed by atoms with van der Waals surface area (Å²) in [6, 6.07) is 1.74. The van der Waals surface area contributed by atoms with Gasteiger partial charge < -0.3 is 10.4 Å². The minimum atomic E-state index is -0.968. The Morgan fingerprint density at radius 1 is 1.25 bits per heavy atom. The van der Waals surface area contributed by atoms with Crippen LogP contribution in [0.1, 0.15) is 40.2 Å². The third kappa shape index (κ3) is 3.65. The normalized spacial score (nSPS) is 12.7. The van der Waals surface area contributed by atoms with E-state index in [9.17, 15) is 5.11 Å². The molecule has 4 heteroatoms. The summed E-state index contributed by atoms with van der Waals surface area (Å²) >= 11 is 6.10. The fourth-order valence-electron chi connectivity index (χ4n) is 1.33. The molecule has 0 radical (unpaired) electrons. The molecular weight excluding hydrogens is 224 g/mol. The van der Waals surface area contributed by atoms with Crippen molar-refractivity contribution in [2.75, 3.05) is 5.32 Å². The largest absolute Gasteiger partial charge is 0.386 e. The van der Waals surface area contributed by atoms with Crippen molar-refractivity contribution >= 4 is 17.4 Å². The van der Waals surface area contributed by atoms with E-state index in [1.54, 1.807) is 26.1 Å². The summed E-state index contributed by atoms with van der Waals surface area (Å²) in [4.78, 5) is 4.24. The summed E-state index contributed by atoms with van der Waals surface area (Å²) < 4.78 is 0. The fourth-order valence-corrected chi connectivity index (χ4v) is 1.72. The predicted molar refractivity (Wildman–Crippen MR) is 67.9 cm³/mol. The summed E-state index contributed by atoms with van der Waals surface area (Å²) in [5.41, 5.74) is -0.398. The number of anilines is 1. The number of aliphatic hydroxyl groups is 1. The van der Waals surface area contributed by atoms with Crippen molar-refractivity contribution in [1.82, 2.24) is 4.98 Å². The first-order valence-electron chi connectivity index (χ1n) is 5.26. The van der Waals surface area contributed by atoms with Gasteiger partial charge >= 0.3 is 0 Å². The van der Waals surface area contributed by atoms with Gasteiger partial charge in [-0.15, -0.1) is 0 Å². The zero-order chi connectivity index (χ0) is 12.6. The van der Waals surface area contributed by atoms with Gasteiger partial charge in [0.05, 0.1) is 10.6 Å². The molecule has 1 aromatic rings. The standard InChI is InChI=1S/C12H19ClN2O/c1-11(2,3)15-10-6-9(13)8(7-14-10)12(4,5)16/h6-7,16H,1-5H3,(H,14,15). The van der Waals surface area contributed by atoms with Crippen molar-refractivity contribution in [1.29, 1.82) is 0 Å². The lowest BCUT2D eigenvalue weighted by molar-refractivity contribution is 0.0784. The van der Waals surface area contributed by atoms with Gasteiger partial charge in [-0.2, -0.15) is 0 Å². The molecule has 90 valence electrons. The maximum Gasteiger partial charge on any atom is 0.127 e. The zero-order valence-corrected chi connectivity index (χ0v) is 11.2. The van der Waals surface area contributed by atoms with E-state index in [2.05, 4.69) is 10.3 Å². The molecule has 0 aliphatic rings. The van der Waals surface area contributed by atoms with Crippen molar-refractivity contribution in [3.8, 4) is 0 Å². The smallest absolute Gasteiger partial charge is 0.127 e. The van der Waals surface area contributed by atoms with Gasteiger partial charge in [0, 0.05) is 17.3 Å². The van der Waals surface area contributed by atoms with Gasteiger partial charge in [-0.1, -0.05) is 11.6 Å². The molecule has 1 rings (SSSR count). The van der Waals surface area contributed by atoms with E-state index in [1.165, 1.54) is 0 Å². The molecule has 0 spiro atoms. The Hall–Kier alpha value is -0.800. The number of nitrogens with one attached hydrogen (secondary N) is 1. The molecule has 0 aliphatic carbocycles. The van der Waals surface area contributed by atoms with Crippen LogP contribution in [0.25, 0.3) is 0 Å². The lowest BCUT2D eigenvalue weighted by Crippen LogP contribution is -2.27. The maximum atomic E-state index is 9.85. The van der Waals surface area contributed by atoms with Crippen LogP contribution in [0.3, 0.4) is 0 Å². The van der Waals surface area contributed by atoms with E-state index < -0.39 is 5.60 Å². The highest BCUT2D eigenvalue weighted by Crippen LogP contribution is 2.28. The van der Waals surface area contributed by atoms with Crippen LogP contribution in [0.2, 0.25) is 5.02 Å². The van der Waals surface area contributed by atoms with Crippen molar-refractivity contribution in [3.63, 3.8) is 0 Å². The number of nitrogens with zero attached hydrogens (tertiary/aromatic N) is 1. The number of hydrogen-bond donors (Lipinski definition) is 2. The quantitative estimate of drug-likeness (QED) is 0.837. The summed E-state index contributed by atoms with van der Waals surface area (Å²) in [5.74, 6) is 0.713. The molecule has 0 fully saturated rings. The first kappa shape index (κ1) is 13.3. The van der Waals surface area contributed by atoms with Crippen LogP contribution in [0.5, 0.6) is 0 Å². The summed E-state index contributed by atoms with van der Waals surface area (Å²) in [5, 5.41) is 13.6. The summed E-state index contributed by atoms with van der Waals surface area (Å²) in [6.07, 6.45) is 1.61. The van der Waals surface area contributed by atoms with E-state index in [1.807, 2.05) is 20.8 Å². The van der Waals surface area contributed by atoms with Gasteiger partial charge in [-0.25, -0.2) is 4.98 Å². The number of hydrogen-bond acceptors (Lipinski definition) is 3. The first-order chi connectivity index (χ1) is 7.09. The van der Waals surface area contributed by atoms with Crippen LogP contribution >= 0.6 is 11.6 Å². The Kier molecular flexibility index (Phi) is 3.50. The molecule has 0 saturated carbocycles. The Labute approximate surface area is 102 Å². The second-order valence-corrected chi connectivity index (χ2v) is 5.89. The molecule has 0 aliphatic heterocycles. The first-order valence-corrected chi connectivity index (χ1v) is 5.64.